The summed E-state index contributed by atoms with van der Waals surface area (Å²) in [4.78, 5) is 5.72. The molecule has 1 aromatic carbocycles. The van der Waals surface area contributed by atoms with Gasteiger partial charge in [-0.15, -0.1) is 21.6 Å². The Hall–Kier alpha value is -3.28. The first-order valence-corrected chi connectivity index (χ1v) is 14.4. The predicted octanol–water partition coefficient (Wildman–Crippen LogP) is 6.71. The number of ether oxygens (including phenoxy) is 1. The molecule has 0 amide bonds. The van der Waals surface area contributed by atoms with Gasteiger partial charge in [-0.05, 0) is 58.4 Å². The fraction of sp³-hybridized carbons (Fsp3) is 0.308. The molecule has 3 aromatic rings. The summed E-state index contributed by atoms with van der Waals surface area (Å²) in [5.41, 5.74) is 4.48. The minimum absolute atomic E-state index is 0.168. The fourth-order valence-corrected chi connectivity index (χ4v) is 7.78. The molecule has 0 saturated carbocycles. The quantitative estimate of drug-likeness (QED) is 0.316. The van der Waals surface area contributed by atoms with Gasteiger partial charge in [-0.2, -0.15) is 0 Å². The number of aromatic nitrogens is 1. The number of nitrogens with zero attached hydrogens (tertiary/aromatic N) is 4. The van der Waals surface area contributed by atoms with Crippen LogP contribution in [0, 0.1) is 20.8 Å². The minimum Gasteiger partial charge on any atom is -0.496 e. The number of dihydropyridines is 1. The summed E-state index contributed by atoms with van der Waals surface area (Å²) in [5, 5.41) is 12.4. The van der Waals surface area contributed by atoms with Crippen LogP contribution in [0.3, 0.4) is 0 Å². The van der Waals surface area contributed by atoms with Crippen LogP contribution in [-0.2, 0) is 16.4 Å². The molecule has 4 heterocycles. The van der Waals surface area contributed by atoms with Crippen LogP contribution in [0.4, 0.5) is 5.82 Å². The standard InChI is InChI=1S/C26H26ClN5O4S2/c1-13-9-20-22(23(27)30-29-20)26(5,28-13)12-17-7-8-18(21(11-17)35-6)19-10-14(2)37-25(19)38(33,34)32-24-15(3)16(4)36-31-24/h7-11H,12H2,1-6H3,(H,31,32). The molecule has 2 aromatic heterocycles. The van der Waals surface area contributed by atoms with Gasteiger partial charge >= 0.3 is 0 Å². The minimum atomic E-state index is -3.95. The lowest BCUT2D eigenvalue weighted by molar-refractivity contribution is 0.399. The topological polar surface area (TPSA) is 119 Å². The Kier molecular flexibility index (Phi) is 6.57. The fourth-order valence-electron chi connectivity index (χ4n) is 4.74. The number of azo groups is 1. The maximum Gasteiger partial charge on any atom is 0.273 e. The number of benzene rings is 1. The van der Waals surface area contributed by atoms with Gasteiger partial charge in [0.15, 0.2) is 11.0 Å². The number of halogens is 1. The van der Waals surface area contributed by atoms with E-state index in [2.05, 4.69) is 20.1 Å². The van der Waals surface area contributed by atoms with Gasteiger partial charge in [0.2, 0.25) is 0 Å². The number of anilines is 1. The van der Waals surface area contributed by atoms with Crippen LogP contribution in [0.15, 0.2) is 70.7 Å². The summed E-state index contributed by atoms with van der Waals surface area (Å²) in [6.07, 6.45) is 2.39. The van der Waals surface area contributed by atoms with Crippen molar-refractivity contribution in [1.82, 2.24) is 5.16 Å². The SMILES string of the molecule is COc1cc(CC2(C)N=C(C)C=C3N=NC(Cl)=C32)ccc1-c1cc(C)sc1S(=O)(=O)Nc1noc(C)c1C. The van der Waals surface area contributed by atoms with E-state index in [0.717, 1.165) is 27.4 Å². The highest BCUT2D eigenvalue weighted by Crippen LogP contribution is 2.44. The average molecular weight is 572 g/mol. The number of thiophene rings is 1. The van der Waals surface area contributed by atoms with Crippen molar-refractivity contribution < 1.29 is 17.7 Å². The number of methoxy groups -OCH3 is 1. The van der Waals surface area contributed by atoms with Crippen LogP contribution < -0.4 is 9.46 Å². The predicted molar refractivity (Wildman–Crippen MR) is 149 cm³/mol. The number of nitrogens with one attached hydrogen (secondary N) is 1. The maximum absolute atomic E-state index is 13.4. The lowest BCUT2D eigenvalue weighted by atomic mass is 9.82. The Bertz CT molecular complexity index is 1700. The van der Waals surface area contributed by atoms with Crippen molar-refractivity contribution in [2.24, 2.45) is 15.2 Å². The monoisotopic (exact) mass is 571 g/mol. The number of fused-ring (bicyclic) bond motifs is 1. The number of hydrogen-bond donors (Lipinski definition) is 1. The first kappa shape index (κ1) is 26.3. The zero-order valence-corrected chi connectivity index (χ0v) is 24.1. The van der Waals surface area contributed by atoms with Crippen molar-refractivity contribution in [3.05, 3.63) is 68.5 Å². The third kappa shape index (κ3) is 4.59. The maximum atomic E-state index is 13.4. The Balaban J connectivity index is 1.51. The third-order valence-corrected chi connectivity index (χ3v) is 9.76. The molecule has 5 rings (SSSR count). The smallest absolute Gasteiger partial charge is 0.273 e. The molecule has 0 radical (unpaired) electrons. The molecule has 1 unspecified atom stereocenters. The van der Waals surface area contributed by atoms with Crippen molar-refractivity contribution in [1.29, 1.82) is 0 Å². The Morgan fingerprint density at radius 1 is 1.13 bits per heavy atom. The molecule has 1 N–H and O–H groups in total. The van der Waals surface area contributed by atoms with E-state index < -0.39 is 15.6 Å². The number of allylic oxidation sites excluding steroid dienone is 1. The molecule has 0 saturated heterocycles. The van der Waals surface area contributed by atoms with E-state index in [1.54, 1.807) is 21.0 Å². The van der Waals surface area contributed by atoms with Gasteiger partial charge in [0.1, 0.15) is 15.7 Å². The summed E-state index contributed by atoms with van der Waals surface area (Å²) in [6, 6.07) is 7.57. The number of aryl methyl sites for hydroxylation is 2. The van der Waals surface area contributed by atoms with E-state index in [-0.39, 0.29) is 10.0 Å². The normalized spacial score (nSPS) is 18.9. The van der Waals surface area contributed by atoms with Gasteiger partial charge in [-0.25, -0.2) is 8.42 Å². The van der Waals surface area contributed by atoms with Crippen LogP contribution in [0.2, 0.25) is 0 Å². The molecule has 198 valence electrons. The molecule has 2 aliphatic rings. The van der Waals surface area contributed by atoms with Gasteiger partial charge < -0.3 is 9.26 Å². The highest BCUT2D eigenvalue weighted by molar-refractivity contribution is 7.94. The Morgan fingerprint density at radius 2 is 1.89 bits per heavy atom. The average Bonchev–Trinajstić information content (AvgIpc) is 3.52. The molecule has 12 heteroatoms. The van der Waals surface area contributed by atoms with E-state index in [9.17, 15) is 8.42 Å². The molecule has 0 aliphatic carbocycles. The zero-order valence-electron chi connectivity index (χ0n) is 21.7. The summed E-state index contributed by atoms with van der Waals surface area (Å²) < 4.78 is 40.5. The highest BCUT2D eigenvalue weighted by atomic mass is 35.5. The number of rotatable bonds is 7. The van der Waals surface area contributed by atoms with Crippen molar-refractivity contribution in [2.45, 2.75) is 50.8 Å². The summed E-state index contributed by atoms with van der Waals surface area (Å²) >= 11 is 7.57. The first-order valence-electron chi connectivity index (χ1n) is 11.8. The van der Waals surface area contributed by atoms with Crippen LogP contribution >= 0.6 is 22.9 Å². The van der Waals surface area contributed by atoms with Gasteiger partial charge in [0.05, 0.1) is 18.3 Å². The van der Waals surface area contributed by atoms with E-state index in [4.69, 9.17) is 25.9 Å². The van der Waals surface area contributed by atoms with Crippen LogP contribution in [0.25, 0.3) is 11.1 Å². The Labute approximate surface area is 230 Å². The van der Waals surface area contributed by atoms with Crippen molar-refractivity contribution in [3.63, 3.8) is 0 Å². The second-order valence-electron chi connectivity index (χ2n) is 9.51. The van der Waals surface area contributed by atoms with E-state index >= 15 is 0 Å². The van der Waals surface area contributed by atoms with E-state index in [0.29, 0.717) is 39.8 Å². The molecule has 38 heavy (non-hydrogen) atoms. The van der Waals surface area contributed by atoms with Crippen LogP contribution in [0.5, 0.6) is 5.75 Å². The molecular formula is C26H26ClN5O4S2. The zero-order chi connectivity index (χ0) is 27.4. The molecule has 1 atom stereocenters. The molecule has 0 spiro atoms. The first-order chi connectivity index (χ1) is 17.9. The summed E-state index contributed by atoms with van der Waals surface area (Å²) in [7, 11) is -2.38. The lowest BCUT2D eigenvalue weighted by Crippen LogP contribution is -2.32. The molecule has 2 aliphatic heterocycles. The summed E-state index contributed by atoms with van der Waals surface area (Å²) in [5.74, 6) is 1.26. The molecular weight excluding hydrogens is 546 g/mol. The Morgan fingerprint density at radius 3 is 2.58 bits per heavy atom. The van der Waals surface area contributed by atoms with Crippen molar-refractivity contribution >= 4 is 44.5 Å². The van der Waals surface area contributed by atoms with Gasteiger partial charge in [-0.3, -0.25) is 9.71 Å². The number of sulfonamides is 1. The van der Waals surface area contributed by atoms with Crippen molar-refractivity contribution in [2.75, 3.05) is 11.8 Å². The second kappa shape index (κ2) is 9.48. The molecule has 0 bridgehead atoms. The molecule has 9 nitrogen and oxygen atoms in total. The van der Waals surface area contributed by atoms with Gasteiger partial charge in [0, 0.05) is 39.3 Å². The lowest BCUT2D eigenvalue weighted by Gasteiger charge is -2.30. The van der Waals surface area contributed by atoms with E-state index in [1.165, 1.54) is 11.3 Å². The summed E-state index contributed by atoms with van der Waals surface area (Å²) in [6.45, 7) is 9.27. The second-order valence-corrected chi connectivity index (χ2v) is 13.0. The number of hydrogen-bond acceptors (Lipinski definition) is 9. The van der Waals surface area contributed by atoms with Crippen molar-refractivity contribution in [3.8, 4) is 16.9 Å². The number of aliphatic imine (C=N–C) groups is 1. The molecule has 0 fully saturated rings. The largest absolute Gasteiger partial charge is 0.496 e. The van der Waals surface area contributed by atoms with Crippen LogP contribution in [0.1, 0.15) is 35.6 Å². The van der Waals surface area contributed by atoms with Crippen LogP contribution in [-0.4, -0.2) is 31.9 Å². The van der Waals surface area contributed by atoms with Gasteiger partial charge in [-0.1, -0.05) is 28.9 Å². The third-order valence-electron chi connectivity index (χ3n) is 6.57. The highest BCUT2D eigenvalue weighted by Gasteiger charge is 2.39. The van der Waals surface area contributed by atoms with Gasteiger partial charge in [0.25, 0.3) is 10.0 Å². The van der Waals surface area contributed by atoms with E-state index in [1.807, 2.05) is 51.1 Å².